The Bertz CT molecular complexity index is 555. The van der Waals surface area contributed by atoms with Gasteiger partial charge in [0.1, 0.15) is 11.4 Å². The van der Waals surface area contributed by atoms with Crippen LogP contribution in [-0.4, -0.2) is 49.3 Å². The molecule has 27 heavy (non-hydrogen) atoms. The quantitative estimate of drug-likeness (QED) is 0.547. The van der Waals surface area contributed by atoms with Gasteiger partial charge in [-0.15, -0.1) is 0 Å². The van der Waals surface area contributed by atoms with Gasteiger partial charge in [-0.05, 0) is 76.9 Å². The van der Waals surface area contributed by atoms with Crippen molar-refractivity contribution in [3.8, 4) is 5.75 Å². The van der Waals surface area contributed by atoms with Crippen LogP contribution in [0.25, 0.3) is 0 Å². The zero-order valence-electron chi connectivity index (χ0n) is 17.3. The summed E-state index contributed by atoms with van der Waals surface area (Å²) in [7, 11) is 0. The maximum absolute atomic E-state index is 12.7. The number of amides is 1. The van der Waals surface area contributed by atoms with Crippen molar-refractivity contribution >= 4 is 11.6 Å². The summed E-state index contributed by atoms with van der Waals surface area (Å²) in [6.45, 7) is 10.7. The summed E-state index contributed by atoms with van der Waals surface area (Å²) in [6, 6.07) is 7.60. The lowest BCUT2D eigenvalue weighted by Crippen LogP contribution is -2.42. The molecule has 1 amide bonds. The number of benzene rings is 1. The predicted octanol–water partition coefficient (Wildman–Crippen LogP) is 4.48. The number of anilines is 1. The monoisotopic (exact) mass is 376 g/mol. The van der Waals surface area contributed by atoms with Crippen LogP contribution < -0.4 is 10.1 Å². The number of rotatable bonds is 12. The molecular weight excluding hydrogens is 340 g/mol. The highest BCUT2D eigenvalue weighted by Crippen LogP contribution is 2.23. The molecule has 0 saturated carbocycles. The maximum Gasteiger partial charge on any atom is 0.256 e. The zero-order valence-corrected chi connectivity index (χ0v) is 17.3. The normalized spacial score (nSPS) is 16.9. The SMILES string of the molecule is CCCC[C@](C)(OCC)C(=O)Nc1ccc(OCCCN2CCCC2)cc1. The van der Waals surface area contributed by atoms with Gasteiger partial charge in [0.15, 0.2) is 0 Å². The number of unbranched alkanes of at least 4 members (excludes halogenated alkanes) is 1. The molecular formula is C22H36N2O3. The zero-order chi connectivity index (χ0) is 19.5. The van der Waals surface area contributed by atoms with Crippen molar-refractivity contribution in [2.75, 3.05) is 38.2 Å². The van der Waals surface area contributed by atoms with E-state index in [4.69, 9.17) is 9.47 Å². The van der Waals surface area contributed by atoms with E-state index in [-0.39, 0.29) is 5.91 Å². The fourth-order valence-corrected chi connectivity index (χ4v) is 3.47. The minimum absolute atomic E-state index is 0.0860. The molecule has 1 atom stereocenters. The van der Waals surface area contributed by atoms with Gasteiger partial charge in [-0.1, -0.05) is 19.8 Å². The fraction of sp³-hybridized carbons (Fsp3) is 0.682. The highest BCUT2D eigenvalue weighted by Gasteiger charge is 2.33. The topological polar surface area (TPSA) is 50.8 Å². The van der Waals surface area contributed by atoms with E-state index in [9.17, 15) is 4.79 Å². The third kappa shape index (κ3) is 7.15. The number of ether oxygens (including phenoxy) is 2. The van der Waals surface area contributed by atoms with E-state index in [1.165, 1.54) is 25.9 Å². The highest BCUT2D eigenvalue weighted by atomic mass is 16.5. The lowest BCUT2D eigenvalue weighted by Gasteiger charge is -2.28. The van der Waals surface area contributed by atoms with Crippen LogP contribution in [-0.2, 0) is 9.53 Å². The summed E-state index contributed by atoms with van der Waals surface area (Å²) >= 11 is 0. The Kier molecular flexibility index (Phi) is 9.08. The molecule has 1 aliphatic heterocycles. The van der Waals surface area contributed by atoms with E-state index in [2.05, 4.69) is 17.1 Å². The Balaban J connectivity index is 1.78. The molecule has 1 saturated heterocycles. The lowest BCUT2D eigenvalue weighted by molar-refractivity contribution is -0.139. The summed E-state index contributed by atoms with van der Waals surface area (Å²) in [5.41, 5.74) is -0.0120. The van der Waals surface area contributed by atoms with Crippen molar-refractivity contribution in [3.05, 3.63) is 24.3 Å². The molecule has 5 heteroatoms. The van der Waals surface area contributed by atoms with Gasteiger partial charge < -0.3 is 19.7 Å². The smallest absolute Gasteiger partial charge is 0.256 e. The Hall–Kier alpha value is -1.59. The number of carbonyl (C=O) groups is 1. The fourth-order valence-electron chi connectivity index (χ4n) is 3.47. The molecule has 0 aliphatic carbocycles. The highest BCUT2D eigenvalue weighted by molar-refractivity contribution is 5.97. The van der Waals surface area contributed by atoms with Gasteiger partial charge in [-0.25, -0.2) is 0 Å². The van der Waals surface area contributed by atoms with Gasteiger partial charge in [-0.2, -0.15) is 0 Å². The molecule has 2 rings (SSSR count). The minimum atomic E-state index is -0.782. The van der Waals surface area contributed by atoms with Crippen LogP contribution in [0.4, 0.5) is 5.69 Å². The van der Waals surface area contributed by atoms with Crippen LogP contribution in [0.1, 0.15) is 59.3 Å². The molecule has 0 radical (unpaired) electrons. The third-order valence-corrected chi connectivity index (χ3v) is 5.15. The van der Waals surface area contributed by atoms with Gasteiger partial charge >= 0.3 is 0 Å². The van der Waals surface area contributed by atoms with E-state index < -0.39 is 5.60 Å². The van der Waals surface area contributed by atoms with E-state index in [0.717, 1.165) is 50.3 Å². The summed E-state index contributed by atoms with van der Waals surface area (Å²) < 4.78 is 11.6. The number of nitrogens with one attached hydrogen (secondary N) is 1. The van der Waals surface area contributed by atoms with Crippen molar-refractivity contribution in [2.24, 2.45) is 0 Å². The first-order valence-corrected chi connectivity index (χ1v) is 10.5. The van der Waals surface area contributed by atoms with Crippen molar-refractivity contribution in [1.82, 2.24) is 4.90 Å². The summed E-state index contributed by atoms with van der Waals surface area (Å²) in [5, 5.41) is 2.98. The molecule has 1 aromatic rings. The standard InChI is InChI=1S/C22H36N2O3/c1-4-6-14-22(3,27-5-2)21(25)23-19-10-12-20(13-11-19)26-18-9-17-24-15-7-8-16-24/h10-13H,4-9,14-18H2,1-3H3,(H,23,25)/t22-/m0/s1. The van der Waals surface area contributed by atoms with Crippen molar-refractivity contribution in [1.29, 1.82) is 0 Å². The van der Waals surface area contributed by atoms with Crippen LogP contribution in [0, 0.1) is 0 Å². The molecule has 0 bridgehead atoms. The molecule has 0 aromatic heterocycles. The number of likely N-dealkylation sites (tertiary alicyclic amines) is 1. The minimum Gasteiger partial charge on any atom is -0.494 e. The van der Waals surface area contributed by atoms with E-state index in [0.29, 0.717) is 6.61 Å². The lowest BCUT2D eigenvalue weighted by atomic mass is 9.97. The summed E-state index contributed by atoms with van der Waals surface area (Å²) in [6.07, 6.45) is 6.43. The average Bonchev–Trinajstić information content (AvgIpc) is 3.18. The summed E-state index contributed by atoms with van der Waals surface area (Å²) in [5.74, 6) is 0.755. The van der Waals surface area contributed by atoms with Gasteiger partial charge in [0.05, 0.1) is 6.61 Å². The maximum atomic E-state index is 12.7. The third-order valence-electron chi connectivity index (χ3n) is 5.15. The predicted molar refractivity (Wildman–Crippen MR) is 110 cm³/mol. The Morgan fingerprint density at radius 3 is 2.48 bits per heavy atom. The average molecular weight is 377 g/mol. The number of nitrogens with zero attached hydrogens (tertiary/aromatic N) is 1. The molecule has 5 nitrogen and oxygen atoms in total. The van der Waals surface area contributed by atoms with Crippen LogP contribution in [0.2, 0.25) is 0 Å². The second-order valence-electron chi connectivity index (χ2n) is 7.50. The molecule has 1 fully saturated rings. The molecule has 1 heterocycles. The first-order valence-electron chi connectivity index (χ1n) is 10.5. The number of carbonyl (C=O) groups excluding carboxylic acids is 1. The molecule has 0 unspecified atom stereocenters. The molecule has 1 N–H and O–H groups in total. The first-order chi connectivity index (χ1) is 13.1. The number of hydrogen-bond acceptors (Lipinski definition) is 4. The Morgan fingerprint density at radius 2 is 1.85 bits per heavy atom. The molecule has 0 spiro atoms. The van der Waals surface area contributed by atoms with Crippen molar-refractivity contribution < 1.29 is 14.3 Å². The Labute approximate surface area is 164 Å². The van der Waals surface area contributed by atoms with Gasteiger partial charge in [0.25, 0.3) is 5.91 Å². The first kappa shape index (κ1) is 21.7. The van der Waals surface area contributed by atoms with Crippen molar-refractivity contribution in [3.63, 3.8) is 0 Å². The Morgan fingerprint density at radius 1 is 1.15 bits per heavy atom. The second kappa shape index (κ2) is 11.3. The van der Waals surface area contributed by atoms with Gasteiger partial charge in [0.2, 0.25) is 0 Å². The largest absolute Gasteiger partial charge is 0.494 e. The molecule has 152 valence electrons. The number of hydrogen-bond donors (Lipinski definition) is 1. The molecule has 1 aliphatic rings. The van der Waals surface area contributed by atoms with Crippen LogP contribution >= 0.6 is 0 Å². The van der Waals surface area contributed by atoms with Crippen LogP contribution in [0.5, 0.6) is 5.75 Å². The second-order valence-corrected chi connectivity index (χ2v) is 7.50. The van der Waals surface area contributed by atoms with E-state index in [1.807, 2.05) is 38.1 Å². The van der Waals surface area contributed by atoms with E-state index >= 15 is 0 Å². The van der Waals surface area contributed by atoms with Gasteiger partial charge in [0, 0.05) is 18.8 Å². The van der Waals surface area contributed by atoms with E-state index in [1.54, 1.807) is 0 Å². The van der Waals surface area contributed by atoms with Crippen molar-refractivity contribution in [2.45, 2.75) is 64.9 Å². The van der Waals surface area contributed by atoms with Gasteiger partial charge in [-0.3, -0.25) is 4.79 Å². The van der Waals surface area contributed by atoms with Crippen LogP contribution in [0.3, 0.4) is 0 Å². The molecule has 1 aromatic carbocycles. The van der Waals surface area contributed by atoms with Crippen LogP contribution in [0.15, 0.2) is 24.3 Å². The summed E-state index contributed by atoms with van der Waals surface area (Å²) in [4.78, 5) is 15.2.